The van der Waals surface area contributed by atoms with Crippen LogP contribution in [0, 0.1) is 5.92 Å². The van der Waals surface area contributed by atoms with Gasteiger partial charge in [-0.05, 0) is 61.7 Å². The maximum atomic E-state index is 12.9. The van der Waals surface area contributed by atoms with Crippen LogP contribution in [0.25, 0.3) is 0 Å². The number of benzene rings is 2. The third-order valence-corrected chi connectivity index (χ3v) is 7.77. The molecule has 1 aliphatic rings. The Balaban J connectivity index is 1.62. The molecule has 0 radical (unpaired) electrons. The van der Waals surface area contributed by atoms with Crippen LogP contribution >= 0.6 is 11.6 Å². The molecule has 1 saturated heterocycles. The van der Waals surface area contributed by atoms with Gasteiger partial charge in [0.15, 0.2) is 0 Å². The zero-order valence-corrected chi connectivity index (χ0v) is 20.0. The maximum Gasteiger partial charge on any atom is 0.253 e. The minimum atomic E-state index is -3.50. The summed E-state index contributed by atoms with van der Waals surface area (Å²) in [4.78, 5) is 27.6. The van der Waals surface area contributed by atoms with Gasteiger partial charge in [0, 0.05) is 37.8 Å². The van der Waals surface area contributed by atoms with E-state index >= 15 is 0 Å². The summed E-state index contributed by atoms with van der Waals surface area (Å²) in [6.45, 7) is 2.83. The van der Waals surface area contributed by atoms with Gasteiger partial charge >= 0.3 is 0 Å². The van der Waals surface area contributed by atoms with Gasteiger partial charge in [0.05, 0.1) is 16.9 Å². The first kappa shape index (κ1) is 24.2. The highest BCUT2D eigenvalue weighted by molar-refractivity contribution is 7.89. The highest BCUT2D eigenvalue weighted by Crippen LogP contribution is 2.22. The largest absolute Gasteiger partial charge is 0.349 e. The van der Waals surface area contributed by atoms with Crippen LogP contribution in [0.15, 0.2) is 53.4 Å². The van der Waals surface area contributed by atoms with Crippen molar-refractivity contribution in [3.63, 3.8) is 0 Å². The lowest BCUT2D eigenvalue weighted by atomic mass is 9.95. The first-order chi connectivity index (χ1) is 15.1. The molecular formula is C23H28ClN3O4S. The van der Waals surface area contributed by atoms with E-state index in [0.717, 1.165) is 16.3 Å². The van der Waals surface area contributed by atoms with Crippen molar-refractivity contribution in [3.05, 3.63) is 64.7 Å². The number of carbonyl (C=O) groups excluding carboxylic acids is 2. The van der Waals surface area contributed by atoms with Crippen molar-refractivity contribution in [2.75, 3.05) is 27.2 Å². The predicted molar refractivity (Wildman–Crippen MR) is 124 cm³/mol. The van der Waals surface area contributed by atoms with E-state index in [2.05, 4.69) is 5.32 Å². The van der Waals surface area contributed by atoms with Crippen LogP contribution in [0.2, 0.25) is 5.02 Å². The molecule has 0 aromatic heterocycles. The number of amides is 2. The molecule has 2 unspecified atom stereocenters. The Kier molecular flexibility index (Phi) is 7.59. The lowest BCUT2D eigenvalue weighted by Gasteiger charge is -2.32. The molecule has 0 spiro atoms. The van der Waals surface area contributed by atoms with Crippen molar-refractivity contribution in [3.8, 4) is 0 Å². The Labute approximate surface area is 194 Å². The van der Waals surface area contributed by atoms with Crippen LogP contribution in [-0.2, 0) is 14.8 Å². The number of hydrogen-bond donors (Lipinski definition) is 1. The smallest absolute Gasteiger partial charge is 0.253 e. The number of sulfonamides is 1. The van der Waals surface area contributed by atoms with Crippen molar-refractivity contribution in [2.24, 2.45) is 5.92 Å². The second-order valence-electron chi connectivity index (χ2n) is 8.18. The van der Waals surface area contributed by atoms with Crippen molar-refractivity contribution in [1.29, 1.82) is 0 Å². The van der Waals surface area contributed by atoms with Gasteiger partial charge in [0.1, 0.15) is 0 Å². The fourth-order valence-electron chi connectivity index (χ4n) is 3.70. The molecule has 172 valence electrons. The molecule has 2 atom stereocenters. The van der Waals surface area contributed by atoms with E-state index < -0.39 is 10.0 Å². The number of nitrogens with zero attached hydrogens (tertiary/aromatic N) is 2. The number of rotatable bonds is 6. The van der Waals surface area contributed by atoms with Gasteiger partial charge in [-0.1, -0.05) is 23.7 Å². The van der Waals surface area contributed by atoms with Crippen LogP contribution in [0.1, 0.15) is 41.7 Å². The summed E-state index contributed by atoms with van der Waals surface area (Å²) in [5.74, 6) is -0.517. The number of likely N-dealkylation sites (tertiary alicyclic amines) is 1. The molecule has 1 fully saturated rings. The molecule has 0 bridgehead atoms. The van der Waals surface area contributed by atoms with Gasteiger partial charge in [-0.15, -0.1) is 0 Å². The van der Waals surface area contributed by atoms with Gasteiger partial charge < -0.3 is 10.2 Å². The maximum absolute atomic E-state index is 12.9. The molecule has 9 heteroatoms. The van der Waals surface area contributed by atoms with Crippen molar-refractivity contribution in [2.45, 2.75) is 30.7 Å². The molecule has 2 aromatic rings. The average molecular weight is 478 g/mol. The Morgan fingerprint density at radius 1 is 1.09 bits per heavy atom. The number of nitrogens with one attached hydrogen (secondary N) is 1. The zero-order chi connectivity index (χ0) is 23.5. The van der Waals surface area contributed by atoms with Crippen LogP contribution < -0.4 is 5.32 Å². The van der Waals surface area contributed by atoms with E-state index in [-0.39, 0.29) is 28.7 Å². The molecule has 32 heavy (non-hydrogen) atoms. The molecule has 0 saturated carbocycles. The third-order valence-electron chi connectivity index (χ3n) is 5.69. The van der Waals surface area contributed by atoms with E-state index in [1.807, 2.05) is 6.92 Å². The molecule has 7 nitrogen and oxygen atoms in total. The Morgan fingerprint density at radius 2 is 1.72 bits per heavy atom. The van der Waals surface area contributed by atoms with Gasteiger partial charge in [-0.2, -0.15) is 0 Å². The summed E-state index contributed by atoms with van der Waals surface area (Å²) in [5, 5.41) is 3.57. The van der Waals surface area contributed by atoms with Crippen LogP contribution in [0.3, 0.4) is 0 Å². The normalized spacial score (nSPS) is 17.8. The highest BCUT2D eigenvalue weighted by Gasteiger charge is 2.29. The number of halogens is 1. The fourth-order valence-corrected chi connectivity index (χ4v) is 4.73. The lowest BCUT2D eigenvalue weighted by Crippen LogP contribution is -2.45. The van der Waals surface area contributed by atoms with Gasteiger partial charge in [0.25, 0.3) is 5.91 Å². The molecule has 3 rings (SSSR count). The second kappa shape index (κ2) is 10.0. The number of carbonyl (C=O) groups is 2. The monoisotopic (exact) mass is 477 g/mol. The quantitative estimate of drug-likeness (QED) is 0.691. The third kappa shape index (κ3) is 5.49. The average Bonchev–Trinajstić information content (AvgIpc) is 2.79. The van der Waals surface area contributed by atoms with E-state index in [1.54, 1.807) is 53.4 Å². The van der Waals surface area contributed by atoms with E-state index in [4.69, 9.17) is 11.6 Å². The first-order valence-corrected chi connectivity index (χ1v) is 12.3. The molecule has 1 heterocycles. The summed E-state index contributed by atoms with van der Waals surface area (Å²) >= 11 is 5.90. The SMILES string of the molecule is CC(NC(=O)C1CCCN(C(=O)c2ccc(Cl)cc2)C1)c1ccc(S(=O)(=O)N(C)C)cc1. The summed E-state index contributed by atoms with van der Waals surface area (Å²) in [5.41, 5.74) is 1.36. The summed E-state index contributed by atoms with van der Waals surface area (Å²) < 4.78 is 25.6. The van der Waals surface area contributed by atoms with Gasteiger partial charge in [-0.25, -0.2) is 12.7 Å². The van der Waals surface area contributed by atoms with Crippen molar-refractivity contribution < 1.29 is 18.0 Å². The molecule has 2 amide bonds. The molecule has 1 N–H and O–H groups in total. The van der Waals surface area contributed by atoms with Crippen LogP contribution in [-0.4, -0.2) is 56.6 Å². The van der Waals surface area contributed by atoms with Crippen molar-refractivity contribution in [1.82, 2.24) is 14.5 Å². The fraction of sp³-hybridized carbons (Fsp3) is 0.391. The summed E-state index contributed by atoms with van der Waals surface area (Å²) in [6, 6.07) is 12.9. The molecule has 2 aromatic carbocycles. The highest BCUT2D eigenvalue weighted by atomic mass is 35.5. The van der Waals surface area contributed by atoms with Crippen LogP contribution in [0.4, 0.5) is 0 Å². The Morgan fingerprint density at radius 3 is 2.31 bits per heavy atom. The Bertz CT molecular complexity index is 1070. The second-order valence-corrected chi connectivity index (χ2v) is 10.8. The Hall–Kier alpha value is -2.42. The minimum Gasteiger partial charge on any atom is -0.349 e. The summed E-state index contributed by atoms with van der Waals surface area (Å²) in [6.07, 6.45) is 1.46. The topological polar surface area (TPSA) is 86.8 Å². The summed E-state index contributed by atoms with van der Waals surface area (Å²) in [7, 11) is -0.531. The number of hydrogen-bond acceptors (Lipinski definition) is 4. The van der Waals surface area contributed by atoms with Gasteiger partial charge in [-0.3, -0.25) is 9.59 Å². The molecule has 1 aliphatic heterocycles. The van der Waals surface area contributed by atoms with Crippen molar-refractivity contribution >= 4 is 33.4 Å². The molecular weight excluding hydrogens is 450 g/mol. The minimum absolute atomic E-state index is 0.107. The van der Waals surface area contributed by atoms with E-state index in [0.29, 0.717) is 30.1 Å². The standard InChI is InChI=1S/C23H28ClN3O4S/c1-16(17-8-12-21(13-9-17)32(30,31)26(2)3)25-22(28)19-5-4-14-27(15-19)23(29)18-6-10-20(24)11-7-18/h6-13,16,19H,4-5,14-15H2,1-3H3,(H,25,28). The molecule has 0 aliphatic carbocycles. The predicted octanol–water partition coefficient (Wildman–Crippen LogP) is 3.32. The van der Waals surface area contributed by atoms with E-state index in [1.165, 1.54) is 14.1 Å². The van der Waals surface area contributed by atoms with Crippen LogP contribution in [0.5, 0.6) is 0 Å². The number of piperidine rings is 1. The van der Waals surface area contributed by atoms with Gasteiger partial charge in [0.2, 0.25) is 15.9 Å². The van der Waals surface area contributed by atoms with E-state index in [9.17, 15) is 18.0 Å². The zero-order valence-electron chi connectivity index (χ0n) is 18.4. The lowest BCUT2D eigenvalue weighted by molar-refractivity contribution is -0.127. The first-order valence-electron chi connectivity index (χ1n) is 10.5.